The molecule has 1 amide bonds. The summed E-state index contributed by atoms with van der Waals surface area (Å²) in [4.78, 5) is 22.5. The maximum absolute atomic E-state index is 12.2. The van der Waals surface area contributed by atoms with Crippen LogP contribution in [0.2, 0.25) is 0 Å². The number of ether oxygens (including phenoxy) is 1. The smallest absolute Gasteiger partial charge is 0.315 e. The van der Waals surface area contributed by atoms with Crippen LogP contribution in [0, 0.1) is 10.1 Å². The molecule has 11 heteroatoms. The van der Waals surface area contributed by atoms with E-state index in [1.807, 2.05) is 24.3 Å². The molecule has 0 unspecified atom stereocenters. The number of hydrazone groups is 1. The van der Waals surface area contributed by atoms with Gasteiger partial charge in [-0.25, -0.2) is 5.43 Å². The number of nitro groups is 1. The normalized spacial score (nSPS) is 10.9. The van der Waals surface area contributed by atoms with Gasteiger partial charge in [0.1, 0.15) is 5.75 Å². The average molecular weight is 474 g/mol. The lowest BCUT2D eigenvalue weighted by molar-refractivity contribution is -0.385. The molecule has 0 radical (unpaired) electrons. The van der Waals surface area contributed by atoms with Gasteiger partial charge in [0.05, 0.1) is 30.9 Å². The maximum atomic E-state index is 12.2. The Hall–Kier alpha value is -3.73. The second kappa shape index (κ2) is 9.18. The van der Waals surface area contributed by atoms with Crippen LogP contribution < -0.4 is 10.2 Å². The highest BCUT2D eigenvalue weighted by molar-refractivity contribution is 9.10. The molecule has 3 rings (SSSR count). The van der Waals surface area contributed by atoms with Crippen LogP contribution in [0.5, 0.6) is 11.5 Å². The lowest BCUT2D eigenvalue weighted by Gasteiger charge is -2.04. The zero-order valence-corrected chi connectivity index (χ0v) is 17.2. The number of halogens is 1. The summed E-state index contributed by atoms with van der Waals surface area (Å²) in [6, 6.07) is 11.7. The van der Waals surface area contributed by atoms with Crippen LogP contribution in [0.3, 0.4) is 0 Å². The van der Waals surface area contributed by atoms with Crippen LogP contribution in [-0.4, -0.2) is 39.0 Å². The summed E-state index contributed by atoms with van der Waals surface area (Å²) in [6.45, 7) is 0.491. The highest BCUT2D eigenvalue weighted by Crippen LogP contribution is 2.33. The Morgan fingerprint density at radius 1 is 1.37 bits per heavy atom. The minimum Gasteiger partial charge on any atom is -0.502 e. The standard InChI is InChI=1S/C19H16BrN5O5/c1-30-15-8-13(18(26)17(9-15)25(28)29)10-21-22-19(27)16-6-7-24(23-16)11-12-2-4-14(20)5-3-12/h2-10,26H,11H2,1H3,(H,22,27)/b21-10+. The first kappa shape index (κ1) is 21.0. The lowest BCUT2D eigenvalue weighted by atomic mass is 10.1. The second-order valence-corrected chi connectivity index (χ2v) is 6.98. The number of rotatable bonds is 7. The van der Waals surface area contributed by atoms with Gasteiger partial charge >= 0.3 is 5.69 Å². The molecule has 154 valence electrons. The Labute approximate surface area is 179 Å². The van der Waals surface area contributed by atoms with E-state index < -0.39 is 22.3 Å². The van der Waals surface area contributed by atoms with Crippen molar-refractivity contribution >= 4 is 33.7 Å². The monoisotopic (exact) mass is 473 g/mol. The molecule has 2 aromatic carbocycles. The van der Waals surface area contributed by atoms with Crippen molar-refractivity contribution in [2.24, 2.45) is 5.10 Å². The van der Waals surface area contributed by atoms with Gasteiger partial charge in [-0.1, -0.05) is 28.1 Å². The van der Waals surface area contributed by atoms with E-state index in [-0.39, 0.29) is 17.0 Å². The van der Waals surface area contributed by atoms with Crippen molar-refractivity contribution < 1.29 is 19.6 Å². The summed E-state index contributed by atoms with van der Waals surface area (Å²) in [6.07, 6.45) is 2.75. The first-order chi connectivity index (χ1) is 14.4. The molecule has 0 saturated heterocycles. The van der Waals surface area contributed by atoms with E-state index in [1.54, 1.807) is 10.9 Å². The van der Waals surface area contributed by atoms with Crippen molar-refractivity contribution in [3.63, 3.8) is 0 Å². The van der Waals surface area contributed by atoms with Crippen LogP contribution in [0.4, 0.5) is 5.69 Å². The maximum Gasteiger partial charge on any atom is 0.315 e. The number of hydrogen-bond acceptors (Lipinski definition) is 7. The van der Waals surface area contributed by atoms with E-state index in [0.717, 1.165) is 22.3 Å². The van der Waals surface area contributed by atoms with Crippen molar-refractivity contribution in [2.75, 3.05) is 7.11 Å². The number of aromatic hydroxyl groups is 1. The lowest BCUT2D eigenvalue weighted by Crippen LogP contribution is -2.18. The van der Waals surface area contributed by atoms with Gasteiger partial charge in [-0.15, -0.1) is 0 Å². The first-order valence-electron chi connectivity index (χ1n) is 8.54. The Kier molecular flexibility index (Phi) is 6.42. The molecule has 0 aliphatic carbocycles. The van der Waals surface area contributed by atoms with Gasteiger partial charge in [-0.2, -0.15) is 10.2 Å². The molecule has 1 heterocycles. The largest absolute Gasteiger partial charge is 0.502 e. The molecule has 0 fully saturated rings. The minimum atomic E-state index is -0.744. The Balaban J connectivity index is 1.68. The molecule has 1 aromatic heterocycles. The number of amides is 1. The van der Waals surface area contributed by atoms with Gasteiger partial charge in [-0.3, -0.25) is 19.6 Å². The Morgan fingerprint density at radius 2 is 2.10 bits per heavy atom. The quantitative estimate of drug-likeness (QED) is 0.307. The van der Waals surface area contributed by atoms with E-state index in [1.165, 1.54) is 19.2 Å². The van der Waals surface area contributed by atoms with Crippen LogP contribution >= 0.6 is 15.9 Å². The minimum absolute atomic E-state index is 0.0158. The summed E-state index contributed by atoms with van der Waals surface area (Å²) in [5, 5.41) is 29.0. The number of methoxy groups -OCH3 is 1. The van der Waals surface area contributed by atoms with Crippen LogP contribution in [-0.2, 0) is 6.54 Å². The van der Waals surface area contributed by atoms with Crippen molar-refractivity contribution in [3.8, 4) is 11.5 Å². The molecular weight excluding hydrogens is 458 g/mol. The molecule has 0 atom stereocenters. The van der Waals surface area contributed by atoms with E-state index in [2.05, 4.69) is 31.6 Å². The van der Waals surface area contributed by atoms with Crippen LogP contribution in [0.25, 0.3) is 0 Å². The summed E-state index contributed by atoms with van der Waals surface area (Å²) in [5.41, 5.74) is 2.91. The number of carbonyl (C=O) groups is 1. The molecule has 30 heavy (non-hydrogen) atoms. The SMILES string of the molecule is COc1cc(/C=N/NC(=O)c2ccn(Cc3ccc(Br)cc3)n2)c(O)c([N+](=O)[O-])c1. The topological polar surface area (TPSA) is 132 Å². The third-order valence-electron chi connectivity index (χ3n) is 4.03. The van der Waals surface area contributed by atoms with Gasteiger partial charge in [0.2, 0.25) is 5.75 Å². The fraction of sp³-hybridized carbons (Fsp3) is 0.105. The molecule has 0 saturated carbocycles. The number of nitrogens with zero attached hydrogens (tertiary/aromatic N) is 4. The van der Waals surface area contributed by atoms with E-state index >= 15 is 0 Å². The van der Waals surface area contributed by atoms with Gasteiger partial charge in [0.15, 0.2) is 5.69 Å². The zero-order chi connectivity index (χ0) is 21.7. The second-order valence-electron chi connectivity index (χ2n) is 6.07. The Bertz CT molecular complexity index is 1110. The number of nitro benzene ring substituents is 1. The van der Waals surface area contributed by atoms with Gasteiger partial charge in [0.25, 0.3) is 5.91 Å². The average Bonchev–Trinajstić information content (AvgIpc) is 3.19. The van der Waals surface area contributed by atoms with Crippen molar-refractivity contribution in [1.82, 2.24) is 15.2 Å². The molecule has 10 nitrogen and oxygen atoms in total. The third kappa shape index (κ3) is 5.00. The predicted molar refractivity (Wildman–Crippen MR) is 112 cm³/mol. The molecule has 0 bridgehead atoms. The molecule has 0 aliphatic rings. The molecule has 0 spiro atoms. The van der Waals surface area contributed by atoms with Gasteiger partial charge in [0, 0.05) is 16.2 Å². The van der Waals surface area contributed by atoms with Crippen molar-refractivity contribution in [1.29, 1.82) is 0 Å². The number of carbonyl (C=O) groups excluding carboxylic acids is 1. The highest BCUT2D eigenvalue weighted by atomic mass is 79.9. The third-order valence-corrected chi connectivity index (χ3v) is 4.55. The van der Waals surface area contributed by atoms with E-state index in [0.29, 0.717) is 6.54 Å². The summed E-state index contributed by atoms with van der Waals surface area (Å²) in [5.74, 6) is -0.991. The molecule has 0 aliphatic heterocycles. The number of aromatic nitrogens is 2. The molecule has 2 N–H and O–H groups in total. The molecule has 3 aromatic rings. The fourth-order valence-corrected chi connectivity index (χ4v) is 2.80. The Morgan fingerprint density at radius 3 is 2.77 bits per heavy atom. The van der Waals surface area contributed by atoms with Gasteiger partial charge < -0.3 is 9.84 Å². The van der Waals surface area contributed by atoms with E-state index in [9.17, 15) is 20.0 Å². The van der Waals surface area contributed by atoms with Crippen LogP contribution in [0.15, 0.2) is 58.2 Å². The number of phenols is 1. The number of hydrogen-bond donors (Lipinski definition) is 2. The highest BCUT2D eigenvalue weighted by Gasteiger charge is 2.19. The number of benzene rings is 2. The van der Waals surface area contributed by atoms with E-state index in [4.69, 9.17) is 4.74 Å². The zero-order valence-electron chi connectivity index (χ0n) is 15.7. The summed E-state index contributed by atoms with van der Waals surface area (Å²) < 4.78 is 7.56. The fourth-order valence-electron chi connectivity index (χ4n) is 2.54. The summed E-state index contributed by atoms with van der Waals surface area (Å²) in [7, 11) is 1.34. The molecular formula is C19H16BrN5O5. The van der Waals surface area contributed by atoms with Crippen molar-refractivity contribution in [3.05, 3.63) is 80.1 Å². The summed E-state index contributed by atoms with van der Waals surface area (Å²) >= 11 is 3.37. The number of phenolic OH excluding ortho intramolecular Hbond substituents is 1. The predicted octanol–water partition coefficient (Wildman–Crippen LogP) is 3.08. The first-order valence-corrected chi connectivity index (χ1v) is 9.33. The number of nitrogens with one attached hydrogen (secondary N) is 1. The van der Waals surface area contributed by atoms with Gasteiger partial charge in [-0.05, 0) is 29.8 Å². The van der Waals surface area contributed by atoms with Crippen LogP contribution in [0.1, 0.15) is 21.6 Å². The van der Waals surface area contributed by atoms with Crippen molar-refractivity contribution in [2.45, 2.75) is 6.54 Å².